The van der Waals surface area contributed by atoms with Crippen LogP contribution in [0.5, 0.6) is 0 Å². The number of aromatic nitrogens is 4. The average Bonchev–Trinajstić information content (AvgIpc) is 3.90. The molecule has 0 saturated carbocycles. The maximum Gasteiger partial charge on any atom is 1.00 e. The number of rotatable bonds is 3. The minimum Gasteiger partial charge on any atom is -1.00 e. The van der Waals surface area contributed by atoms with Crippen LogP contribution in [-0.2, 0) is 12.4 Å². The van der Waals surface area contributed by atoms with E-state index in [1.165, 1.54) is 18.3 Å². The number of fused-ring (bicyclic) bond motifs is 2. The van der Waals surface area contributed by atoms with Crippen LogP contribution in [0.3, 0.4) is 0 Å². The van der Waals surface area contributed by atoms with Crippen molar-refractivity contribution >= 4 is 65.0 Å². The molecule has 0 saturated heterocycles. The van der Waals surface area contributed by atoms with E-state index in [9.17, 15) is 59.7 Å². The van der Waals surface area contributed by atoms with Gasteiger partial charge in [-0.2, -0.15) is 43.5 Å². The summed E-state index contributed by atoms with van der Waals surface area (Å²) in [4.78, 5) is 18.9. The molecule has 1 N–H and O–H groups in total. The Bertz CT molecular complexity index is 3210. The Morgan fingerprint density at radius 3 is 1.68 bits per heavy atom. The normalized spacial score (nSPS) is 9.21. The summed E-state index contributed by atoms with van der Waals surface area (Å²) in [6, 6.07) is 9.13. The predicted molar refractivity (Wildman–Crippen MR) is 235 cm³/mol. The third-order valence-electron chi connectivity index (χ3n) is 7.12. The molecular weight excluding hydrogens is 1050 g/mol. The molecule has 0 aliphatic rings. The zero-order chi connectivity index (χ0) is 50.3. The quantitative estimate of drug-likeness (QED) is 0.0475. The van der Waals surface area contributed by atoms with Crippen molar-refractivity contribution in [2.24, 2.45) is 0 Å². The van der Waals surface area contributed by atoms with Crippen LogP contribution in [0.25, 0.3) is 27.5 Å². The van der Waals surface area contributed by atoms with Crippen molar-refractivity contribution < 1.29 is 80.3 Å². The Labute approximate surface area is 421 Å². The SMILES string of the molecule is Fc1cc2cn[nH]c2cc1Br.O=[N+]([O-])c1ccc(-n2ncc3cc(F)c(Br)cc32)c(C(F)(F)F)c1.O=[N+]([O-])c1ccc(F)c(C(F)(F)F)c1.[C-]#CC#CC#CC#CC.[C-]#CC#CC#CC#C[CH2-].[H-].[Na+]. The second-order valence-electron chi connectivity index (χ2n) is 11.4. The smallest absolute Gasteiger partial charge is 1.00 e. The summed E-state index contributed by atoms with van der Waals surface area (Å²) >= 11 is 6.05. The number of nitro benzene ring substituents is 2. The third-order valence-corrected chi connectivity index (χ3v) is 8.34. The van der Waals surface area contributed by atoms with Gasteiger partial charge < -0.3 is 14.3 Å². The van der Waals surface area contributed by atoms with Gasteiger partial charge in [-0.05, 0) is 98.9 Å². The van der Waals surface area contributed by atoms with Crippen LogP contribution < -0.4 is 29.6 Å². The Kier molecular flexibility index (Phi) is 24.3. The Morgan fingerprint density at radius 2 is 1.16 bits per heavy atom. The standard InChI is InChI=1S/C14H6BrF4N3O2.C9H3.C9H2.C7H4BrFN2.C7H3F4NO2.Na.H/c15-10-5-13-7(3-11(10)16)6-20-21(13)12-2-1-8(22(23)24)4-9(12)14(17,18)19;2*1-3-5-7-9-8-6-4-2;8-5-2-7-4(1-6(5)9)3-10-11-7;8-6-2-1-4(12(13)14)3-5(6)7(9,10)11;;/h1-6H;1H3;1H2;1-3H,(H,10,11);1-3H;;/q;-1;-2;;;+1;-1. The van der Waals surface area contributed by atoms with Crippen LogP contribution in [-0.4, -0.2) is 29.8 Å². The van der Waals surface area contributed by atoms with Gasteiger partial charge in [-0.3, -0.25) is 43.1 Å². The molecule has 2 aromatic heterocycles. The first-order valence-corrected chi connectivity index (χ1v) is 18.7. The fraction of sp³-hybridized carbons (Fsp3) is 0.0652. The average molecular weight is 1070 g/mol. The number of nitrogens with one attached hydrogen (secondary N) is 1. The van der Waals surface area contributed by atoms with Gasteiger partial charge in [-0.15, -0.1) is 17.8 Å². The van der Waals surface area contributed by atoms with Gasteiger partial charge in [0.25, 0.3) is 11.4 Å². The molecule has 4 aromatic carbocycles. The van der Waals surface area contributed by atoms with Gasteiger partial charge in [0.05, 0.1) is 59.0 Å². The maximum atomic E-state index is 13.5. The summed E-state index contributed by atoms with van der Waals surface area (Å²) < 4.78 is 116. The number of aromatic amines is 1. The summed E-state index contributed by atoms with van der Waals surface area (Å²) in [6.07, 6.45) is 5.76. The number of hydrogen-bond donors (Lipinski definition) is 1. The summed E-state index contributed by atoms with van der Waals surface area (Å²) in [5.74, 6) is 30.0. The van der Waals surface area contributed by atoms with Crippen molar-refractivity contribution in [3.8, 4) is 88.6 Å². The van der Waals surface area contributed by atoms with Crippen LogP contribution in [0, 0.1) is 140 Å². The van der Waals surface area contributed by atoms with E-state index in [0.717, 1.165) is 33.8 Å². The number of halogens is 11. The predicted octanol–water partition coefficient (Wildman–Crippen LogP) is 8.21. The van der Waals surface area contributed by atoms with E-state index in [1.807, 2.05) is 11.8 Å². The molecular formula is C46H19Br2F9N6NaO4-3. The van der Waals surface area contributed by atoms with Gasteiger partial charge in [-0.25, -0.2) is 35.6 Å². The molecule has 338 valence electrons. The molecule has 0 unspecified atom stereocenters. The number of alkyl halides is 6. The van der Waals surface area contributed by atoms with E-state index in [-0.39, 0.29) is 58.5 Å². The van der Waals surface area contributed by atoms with Gasteiger partial charge in [0.2, 0.25) is 0 Å². The molecule has 22 heteroatoms. The minimum atomic E-state index is -4.92. The molecule has 0 radical (unpaired) electrons. The number of benzene rings is 4. The van der Waals surface area contributed by atoms with Crippen molar-refractivity contribution in [2.75, 3.05) is 0 Å². The van der Waals surface area contributed by atoms with Gasteiger partial charge >= 0.3 is 41.9 Å². The maximum absolute atomic E-state index is 13.5. The Balaban J connectivity index is 0.000000888. The van der Waals surface area contributed by atoms with E-state index in [1.54, 1.807) is 19.2 Å². The number of hydrogen-bond acceptors (Lipinski definition) is 6. The molecule has 0 aliphatic carbocycles. The second kappa shape index (κ2) is 28.4. The molecule has 2 heterocycles. The van der Waals surface area contributed by atoms with E-state index >= 15 is 0 Å². The molecule has 0 spiro atoms. The molecule has 6 aromatic rings. The van der Waals surface area contributed by atoms with Gasteiger partial charge in [-0.1, -0.05) is 5.92 Å². The summed E-state index contributed by atoms with van der Waals surface area (Å²) in [6.45, 7) is 4.94. The second-order valence-corrected chi connectivity index (χ2v) is 13.1. The topological polar surface area (TPSA) is 133 Å². The Morgan fingerprint density at radius 1 is 0.676 bits per heavy atom. The zero-order valence-corrected chi connectivity index (χ0v) is 39.3. The van der Waals surface area contributed by atoms with Crippen molar-refractivity contribution in [2.45, 2.75) is 19.3 Å². The first-order valence-electron chi connectivity index (χ1n) is 17.1. The summed E-state index contributed by atoms with van der Waals surface area (Å²) in [5, 5.41) is 32.3. The first kappa shape index (κ1) is 58.3. The molecule has 68 heavy (non-hydrogen) atoms. The van der Waals surface area contributed by atoms with Gasteiger partial charge in [0.15, 0.2) is 0 Å². The van der Waals surface area contributed by atoms with E-state index in [2.05, 4.69) is 125 Å². The molecule has 0 aliphatic heterocycles. The van der Waals surface area contributed by atoms with Crippen molar-refractivity contribution in [3.05, 3.63) is 151 Å². The largest absolute Gasteiger partial charge is 1.00 e. The minimum absolute atomic E-state index is 0. The number of nitro groups is 2. The van der Waals surface area contributed by atoms with E-state index in [0.29, 0.717) is 28.1 Å². The van der Waals surface area contributed by atoms with Crippen molar-refractivity contribution in [1.82, 2.24) is 20.0 Å². The third kappa shape index (κ3) is 18.7. The van der Waals surface area contributed by atoms with Gasteiger partial charge in [0, 0.05) is 35.0 Å². The molecule has 10 nitrogen and oxygen atoms in total. The van der Waals surface area contributed by atoms with Crippen LogP contribution in [0.4, 0.5) is 50.9 Å². The van der Waals surface area contributed by atoms with Crippen molar-refractivity contribution in [1.29, 1.82) is 0 Å². The molecule has 0 atom stereocenters. The first-order chi connectivity index (χ1) is 31.6. The van der Waals surface area contributed by atoms with Crippen LogP contribution in [0.1, 0.15) is 19.5 Å². The fourth-order valence-corrected chi connectivity index (χ4v) is 5.07. The van der Waals surface area contributed by atoms with Crippen LogP contribution in [0.15, 0.2) is 82.0 Å². The Hall–Kier alpha value is -7.70. The summed E-state index contributed by atoms with van der Waals surface area (Å²) in [7, 11) is 0. The summed E-state index contributed by atoms with van der Waals surface area (Å²) in [5.41, 5.74) is -3.65. The fourth-order valence-electron chi connectivity index (χ4n) is 4.40. The molecule has 0 bridgehead atoms. The number of H-pyrrole nitrogens is 1. The zero-order valence-electron chi connectivity index (χ0n) is 35.2. The van der Waals surface area contributed by atoms with Crippen LogP contribution in [0.2, 0.25) is 0 Å². The van der Waals surface area contributed by atoms with Crippen molar-refractivity contribution in [3.63, 3.8) is 0 Å². The molecule has 0 amide bonds. The van der Waals surface area contributed by atoms with E-state index < -0.39 is 56.3 Å². The van der Waals surface area contributed by atoms with E-state index in [4.69, 9.17) is 12.8 Å². The molecule has 6 rings (SSSR count). The molecule has 0 fully saturated rings. The van der Waals surface area contributed by atoms with Gasteiger partial charge in [0.1, 0.15) is 17.5 Å². The number of nitrogens with zero attached hydrogens (tertiary/aromatic N) is 5. The number of non-ortho nitro benzene ring substituents is 2. The monoisotopic (exact) mass is 1070 g/mol. The van der Waals surface area contributed by atoms with Crippen LogP contribution >= 0.6 is 31.9 Å².